The number of carbonyl (C=O) groups is 1. The smallest absolute Gasteiger partial charge is 0.292 e. The normalized spacial score (nSPS) is 18.2. The Kier molecular flexibility index (Phi) is 4.04. The van der Waals surface area contributed by atoms with Gasteiger partial charge in [0.1, 0.15) is 0 Å². The van der Waals surface area contributed by atoms with Gasteiger partial charge in [-0.05, 0) is 42.7 Å². The van der Waals surface area contributed by atoms with Gasteiger partial charge in [-0.25, -0.2) is 0 Å². The van der Waals surface area contributed by atoms with E-state index in [1.54, 1.807) is 17.0 Å². The number of anilines is 1. The van der Waals surface area contributed by atoms with Crippen molar-refractivity contribution in [2.24, 2.45) is 0 Å². The molecule has 0 radical (unpaired) electrons. The lowest BCUT2D eigenvalue weighted by Gasteiger charge is -2.23. The van der Waals surface area contributed by atoms with E-state index < -0.39 is 5.79 Å². The van der Waals surface area contributed by atoms with Crippen molar-refractivity contribution in [1.29, 1.82) is 0 Å². The first-order valence-electron chi connectivity index (χ1n) is 8.08. The van der Waals surface area contributed by atoms with E-state index in [0.29, 0.717) is 29.8 Å². The highest BCUT2D eigenvalue weighted by molar-refractivity contribution is 6.35. The van der Waals surface area contributed by atoms with Crippen LogP contribution in [0.15, 0.2) is 30.3 Å². The summed E-state index contributed by atoms with van der Waals surface area (Å²) in [7, 11) is 0. The highest BCUT2D eigenvalue weighted by Gasteiger charge is 2.57. The second-order valence-corrected chi connectivity index (χ2v) is 7.21. The summed E-state index contributed by atoms with van der Waals surface area (Å²) in [4.78, 5) is 15.0. The Bertz CT molecular complexity index is 875. The van der Waals surface area contributed by atoms with Gasteiger partial charge in [0.05, 0.1) is 25.4 Å². The Labute approximate surface area is 156 Å². The topological polar surface area (TPSA) is 38.8 Å². The number of hydrogen-bond acceptors (Lipinski definition) is 3. The molecule has 130 valence electrons. The first-order chi connectivity index (χ1) is 11.9. The Hall–Kier alpha value is -1.59. The van der Waals surface area contributed by atoms with Crippen LogP contribution in [0.25, 0.3) is 0 Å². The Balaban J connectivity index is 1.85. The van der Waals surface area contributed by atoms with E-state index in [-0.39, 0.29) is 5.91 Å². The summed E-state index contributed by atoms with van der Waals surface area (Å²) >= 11 is 12.3. The average molecular weight is 378 g/mol. The molecular weight excluding hydrogens is 361 g/mol. The summed E-state index contributed by atoms with van der Waals surface area (Å²) in [5.41, 5.74) is 4.44. The molecule has 2 aromatic carbocycles. The minimum absolute atomic E-state index is 0.205. The predicted molar refractivity (Wildman–Crippen MR) is 97.2 cm³/mol. The molecule has 2 aliphatic rings. The quantitative estimate of drug-likeness (QED) is 0.780. The maximum atomic E-state index is 13.3. The number of carbonyl (C=O) groups excluding carboxylic acids is 1. The van der Waals surface area contributed by atoms with Gasteiger partial charge in [-0.2, -0.15) is 0 Å². The van der Waals surface area contributed by atoms with Gasteiger partial charge in [-0.15, -0.1) is 0 Å². The largest absolute Gasteiger partial charge is 0.336 e. The van der Waals surface area contributed by atoms with Crippen molar-refractivity contribution in [2.45, 2.75) is 26.2 Å². The van der Waals surface area contributed by atoms with Gasteiger partial charge in [-0.1, -0.05) is 41.4 Å². The van der Waals surface area contributed by atoms with Crippen molar-refractivity contribution in [2.75, 3.05) is 18.1 Å². The third kappa shape index (κ3) is 2.48. The molecule has 0 bridgehead atoms. The molecule has 1 amide bonds. The zero-order valence-corrected chi connectivity index (χ0v) is 15.4. The van der Waals surface area contributed by atoms with Crippen LogP contribution >= 0.6 is 23.2 Å². The van der Waals surface area contributed by atoms with Crippen molar-refractivity contribution >= 4 is 34.8 Å². The number of benzene rings is 2. The maximum absolute atomic E-state index is 13.3. The molecule has 4 rings (SSSR count). The van der Waals surface area contributed by atoms with Crippen LogP contribution in [0.4, 0.5) is 5.69 Å². The van der Waals surface area contributed by atoms with Crippen molar-refractivity contribution in [1.82, 2.24) is 0 Å². The minimum atomic E-state index is -1.33. The number of ether oxygens (including phenoxy) is 2. The molecule has 25 heavy (non-hydrogen) atoms. The number of halogens is 2. The number of amides is 1. The first-order valence-corrected chi connectivity index (χ1v) is 8.84. The molecule has 6 heteroatoms. The van der Waals surface area contributed by atoms with Crippen molar-refractivity contribution < 1.29 is 14.3 Å². The average Bonchev–Trinajstić information content (AvgIpc) is 3.14. The number of aryl methyl sites for hydroxylation is 2. The van der Waals surface area contributed by atoms with Crippen LogP contribution < -0.4 is 4.90 Å². The van der Waals surface area contributed by atoms with E-state index in [0.717, 1.165) is 27.9 Å². The van der Waals surface area contributed by atoms with Crippen LogP contribution in [0.2, 0.25) is 10.0 Å². The second kappa shape index (κ2) is 5.99. The van der Waals surface area contributed by atoms with E-state index in [4.69, 9.17) is 32.7 Å². The minimum Gasteiger partial charge on any atom is -0.336 e. The molecule has 1 fully saturated rings. The summed E-state index contributed by atoms with van der Waals surface area (Å²) < 4.78 is 11.7. The zero-order valence-electron chi connectivity index (χ0n) is 13.9. The van der Waals surface area contributed by atoms with Gasteiger partial charge >= 0.3 is 0 Å². The molecule has 2 heterocycles. The number of fused-ring (bicyclic) bond motifs is 2. The van der Waals surface area contributed by atoms with E-state index in [1.807, 2.05) is 32.0 Å². The Morgan fingerprint density at radius 1 is 1.08 bits per heavy atom. The van der Waals surface area contributed by atoms with Crippen LogP contribution in [0, 0.1) is 13.8 Å². The van der Waals surface area contributed by atoms with Crippen LogP contribution in [0.5, 0.6) is 0 Å². The lowest BCUT2D eigenvalue weighted by atomic mass is 9.98. The molecule has 1 spiro atoms. The summed E-state index contributed by atoms with van der Waals surface area (Å²) in [5.74, 6) is -1.53. The fraction of sp³-hybridized carbons (Fsp3) is 0.316. The monoisotopic (exact) mass is 377 g/mol. The lowest BCUT2D eigenvalue weighted by Crippen LogP contribution is -2.41. The lowest BCUT2D eigenvalue weighted by molar-refractivity contribution is -0.181. The molecule has 0 atom stereocenters. The van der Waals surface area contributed by atoms with Gasteiger partial charge < -0.3 is 14.4 Å². The highest BCUT2D eigenvalue weighted by atomic mass is 35.5. The third-order valence-corrected chi connectivity index (χ3v) is 5.34. The molecule has 2 aromatic rings. The second-order valence-electron chi connectivity index (χ2n) is 6.36. The molecule has 2 aliphatic heterocycles. The zero-order chi connectivity index (χ0) is 17.8. The number of rotatable bonds is 2. The Morgan fingerprint density at radius 3 is 2.44 bits per heavy atom. The van der Waals surface area contributed by atoms with Gasteiger partial charge in [0.15, 0.2) is 0 Å². The van der Waals surface area contributed by atoms with E-state index in [2.05, 4.69) is 0 Å². The van der Waals surface area contributed by atoms with Gasteiger partial charge in [-0.3, -0.25) is 4.79 Å². The number of hydrogen-bond donors (Lipinski definition) is 0. The fourth-order valence-electron chi connectivity index (χ4n) is 3.60. The SMILES string of the molecule is Cc1ccc(C)c2c1N(Cc1ccc(Cl)cc1Cl)C(=O)C21OCCO1. The van der Waals surface area contributed by atoms with E-state index >= 15 is 0 Å². The highest BCUT2D eigenvalue weighted by Crippen LogP contribution is 2.49. The van der Waals surface area contributed by atoms with Crippen molar-refractivity contribution in [3.05, 3.63) is 62.6 Å². The maximum Gasteiger partial charge on any atom is 0.292 e. The molecule has 4 nitrogen and oxygen atoms in total. The van der Waals surface area contributed by atoms with E-state index in [1.165, 1.54) is 0 Å². The summed E-state index contributed by atoms with van der Waals surface area (Å²) in [6.07, 6.45) is 0. The first kappa shape index (κ1) is 16.9. The summed E-state index contributed by atoms with van der Waals surface area (Å²) in [5, 5.41) is 1.09. The van der Waals surface area contributed by atoms with Crippen LogP contribution in [-0.2, 0) is 26.6 Å². The fourth-order valence-corrected chi connectivity index (χ4v) is 4.07. The van der Waals surface area contributed by atoms with E-state index in [9.17, 15) is 4.79 Å². The standard InChI is InChI=1S/C19H17Cl2NO3/c1-11-3-4-12(2)17-16(11)19(24-7-8-25-19)18(23)22(17)10-13-5-6-14(20)9-15(13)21/h3-6,9H,7-8,10H2,1-2H3. The molecule has 0 N–H and O–H groups in total. The van der Waals surface area contributed by atoms with Crippen LogP contribution in [0.3, 0.4) is 0 Å². The van der Waals surface area contributed by atoms with Crippen molar-refractivity contribution in [3.8, 4) is 0 Å². The molecular formula is C19H17Cl2NO3. The molecule has 0 saturated carbocycles. The Morgan fingerprint density at radius 2 is 1.76 bits per heavy atom. The number of nitrogens with zero attached hydrogens (tertiary/aromatic N) is 1. The van der Waals surface area contributed by atoms with Gasteiger partial charge in [0.2, 0.25) is 0 Å². The van der Waals surface area contributed by atoms with Crippen LogP contribution in [-0.4, -0.2) is 19.1 Å². The molecule has 0 aliphatic carbocycles. The molecule has 0 aromatic heterocycles. The van der Waals surface area contributed by atoms with Gasteiger partial charge in [0, 0.05) is 15.6 Å². The third-order valence-electron chi connectivity index (χ3n) is 4.75. The summed E-state index contributed by atoms with van der Waals surface area (Å²) in [6.45, 7) is 5.08. The van der Waals surface area contributed by atoms with Crippen molar-refractivity contribution in [3.63, 3.8) is 0 Å². The van der Waals surface area contributed by atoms with Gasteiger partial charge in [0.25, 0.3) is 11.7 Å². The predicted octanol–water partition coefficient (Wildman–Crippen LogP) is 4.36. The van der Waals surface area contributed by atoms with Crippen LogP contribution in [0.1, 0.15) is 22.3 Å². The summed E-state index contributed by atoms with van der Waals surface area (Å²) in [6, 6.07) is 9.29. The molecule has 0 unspecified atom stereocenters. The molecule has 1 saturated heterocycles.